The van der Waals surface area contributed by atoms with Crippen molar-refractivity contribution >= 4 is 11.4 Å². The number of amides is 1. The molecule has 5 nitrogen and oxygen atoms in total. The largest absolute Gasteiger partial charge is 0.349 e. The van der Waals surface area contributed by atoms with Crippen LogP contribution in [0.4, 0.5) is 0 Å². The van der Waals surface area contributed by atoms with Crippen LogP contribution in [0.1, 0.15) is 23.7 Å². The first-order chi connectivity index (χ1) is 9.25. The molecule has 0 saturated carbocycles. The number of fused-ring (bicyclic) bond motifs is 1. The molecule has 5 heteroatoms. The number of piperidine rings is 1. The minimum absolute atomic E-state index is 0.0278. The third-order valence-corrected chi connectivity index (χ3v) is 3.77. The van der Waals surface area contributed by atoms with E-state index in [1.165, 1.54) is 0 Å². The van der Waals surface area contributed by atoms with Crippen molar-refractivity contribution in [2.45, 2.75) is 19.4 Å². The van der Waals surface area contributed by atoms with Gasteiger partial charge in [0.2, 0.25) is 0 Å². The number of pyridine rings is 1. The van der Waals surface area contributed by atoms with Gasteiger partial charge in [-0.2, -0.15) is 5.10 Å². The molecule has 2 atom stereocenters. The number of hydrogen-bond acceptors (Lipinski definition) is 3. The van der Waals surface area contributed by atoms with Crippen molar-refractivity contribution in [1.29, 1.82) is 0 Å². The van der Waals surface area contributed by atoms with Crippen molar-refractivity contribution in [3.8, 4) is 0 Å². The number of nitrogens with zero attached hydrogens (tertiary/aromatic N) is 2. The highest BCUT2D eigenvalue weighted by Gasteiger charge is 2.24. The third-order valence-electron chi connectivity index (χ3n) is 3.77. The lowest BCUT2D eigenvalue weighted by Crippen LogP contribution is -2.48. The van der Waals surface area contributed by atoms with E-state index in [2.05, 4.69) is 22.7 Å². The zero-order chi connectivity index (χ0) is 13.2. The Labute approximate surface area is 112 Å². The van der Waals surface area contributed by atoms with E-state index in [4.69, 9.17) is 0 Å². The molecule has 100 valence electrons. The second kappa shape index (κ2) is 5.01. The Hall–Kier alpha value is -1.88. The van der Waals surface area contributed by atoms with Crippen LogP contribution >= 0.6 is 0 Å². The Kier molecular flexibility index (Phi) is 3.21. The summed E-state index contributed by atoms with van der Waals surface area (Å²) in [5.74, 6) is 0.430. The molecule has 0 spiro atoms. The highest BCUT2D eigenvalue weighted by molar-refractivity contribution is 6.00. The second-order valence-corrected chi connectivity index (χ2v) is 5.14. The monoisotopic (exact) mass is 258 g/mol. The Bertz CT molecular complexity index is 592. The molecule has 1 saturated heterocycles. The predicted molar refractivity (Wildman–Crippen MR) is 73.1 cm³/mol. The van der Waals surface area contributed by atoms with Gasteiger partial charge in [-0.3, -0.25) is 4.79 Å². The molecule has 0 bridgehead atoms. The Morgan fingerprint density at radius 1 is 1.53 bits per heavy atom. The first-order valence-corrected chi connectivity index (χ1v) is 6.69. The first kappa shape index (κ1) is 12.2. The molecule has 2 N–H and O–H groups in total. The number of rotatable bonds is 2. The maximum absolute atomic E-state index is 12.3. The molecule has 2 aromatic rings. The Morgan fingerprint density at radius 2 is 2.42 bits per heavy atom. The summed E-state index contributed by atoms with van der Waals surface area (Å²) in [5, 5.41) is 10.7. The molecular formula is C14H18N4O. The van der Waals surface area contributed by atoms with E-state index >= 15 is 0 Å². The van der Waals surface area contributed by atoms with Crippen molar-refractivity contribution in [2.24, 2.45) is 5.92 Å². The van der Waals surface area contributed by atoms with E-state index in [0.29, 0.717) is 11.5 Å². The lowest BCUT2D eigenvalue weighted by atomic mass is 9.95. The molecule has 1 fully saturated rings. The number of carbonyl (C=O) groups is 1. The molecule has 3 rings (SSSR count). The van der Waals surface area contributed by atoms with Gasteiger partial charge in [-0.25, -0.2) is 4.52 Å². The maximum atomic E-state index is 12.3. The van der Waals surface area contributed by atoms with Gasteiger partial charge >= 0.3 is 0 Å². The van der Waals surface area contributed by atoms with E-state index in [-0.39, 0.29) is 11.9 Å². The fourth-order valence-electron chi connectivity index (χ4n) is 2.58. The molecule has 1 aliphatic heterocycles. The van der Waals surface area contributed by atoms with Crippen LogP contribution in [0.5, 0.6) is 0 Å². The van der Waals surface area contributed by atoms with Crippen LogP contribution in [0, 0.1) is 5.92 Å². The quantitative estimate of drug-likeness (QED) is 0.847. The summed E-state index contributed by atoms with van der Waals surface area (Å²) < 4.78 is 1.72. The lowest BCUT2D eigenvalue weighted by molar-refractivity contribution is 0.0916. The van der Waals surface area contributed by atoms with E-state index in [1.807, 2.05) is 24.4 Å². The van der Waals surface area contributed by atoms with Gasteiger partial charge in [-0.15, -0.1) is 0 Å². The van der Waals surface area contributed by atoms with E-state index in [1.54, 1.807) is 10.7 Å². The number of nitrogens with one attached hydrogen (secondary N) is 2. The van der Waals surface area contributed by atoms with Gasteiger partial charge in [0.15, 0.2) is 0 Å². The average Bonchev–Trinajstić information content (AvgIpc) is 2.85. The van der Waals surface area contributed by atoms with E-state index in [9.17, 15) is 4.79 Å². The summed E-state index contributed by atoms with van der Waals surface area (Å²) >= 11 is 0. The van der Waals surface area contributed by atoms with Crippen LogP contribution < -0.4 is 10.6 Å². The molecule has 1 aliphatic rings. The molecule has 0 aromatic carbocycles. The minimum atomic E-state index is -0.0278. The highest BCUT2D eigenvalue weighted by atomic mass is 16.1. The molecule has 0 radical (unpaired) electrons. The van der Waals surface area contributed by atoms with E-state index in [0.717, 1.165) is 25.0 Å². The predicted octanol–water partition coefficient (Wildman–Crippen LogP) is 1.06. The number of aromatic nitrogens is 2. The molecule has 19 heavy (non-hydrogen) atoms. The summed E-state index contributed by atoms with van der Waals surface area (Å²) in [7, 11) is 0. The van der Waals surface area contributed by atoms with Gasteiger partial charge in [-0.1, -0.05) is 13.0 Å². The fraction of sp³-hybridized carbons (Fsp3) is 0.429. The van der Waals surface area contributed by atoms with Crippen LogP contribution in [0.25, 0.3) is 5.52 Å². The van der Waals surface area contributed by atoms with Crippen molar-refractivity contribution < 1.29 is 4.79 Å². The molecule has 0 aliphatic carbocycles. The SMILES string of the molecule is CC1CNCCC1NC(=O)c1cnn2ccccc12. The van der Waals surface area contributed by atoms with Crippen molar-refractivity contribution in [3.63, 3.8) is 0 Å². The van der Waals surface area contributed by atoms with Crippen LogP contribution in [0.3, 0.4) is 0 Å². The van der Waals surface area contributed by atoms with Gasteiger partial charge in [-0.05, 0) is 37.6 Å². The van der Waals surface area contributed by atoms with Gasteiger partial charge in [0.25, 0.3) is 5.91 Å². The van der Waals surface area contributed by atoms with Gasteiger partial charge < -0.3 is 10.6 Å². The number of hydrogen-bond donors (Lipinski definition) is 2. The van der Waals surface area contributed by atoms with Crippen molar-refractivity contribution in [1.82, 2.24) is 20.2 Å². The smallest absolute Gasteiger partial charge is 0.255 e. The maximum Gasteiger partial charge on any atom is 0.255 e. The second-order valence-electron chi connectivity index (χ2n) is 5.14. The summed E-state index contributed by atoms with van der Waals surface area (Å²) in [6, 6.07) is 5.97. The van der Waals surface area contributed by atoms with Crippen molar-refractivity contribution in [2.75, 3.05) is 13.1 Å². The van der Waals surface area contributed by atoms with Gasteiger partial charge in [0.05, 0.1) is 17.3 Å². The average molecular weight is 258 g/mol. The summed E-state index contributed by atoms with van der Waals surface area (Å²) in [6.45, 7) is 4.08. The van der Waals surface area contributed by atoms with Crippen LogP contribution in [0.2, 0.25) is 0 Å². The normalized spacial score (nSPS) is 23.4. The summed E-state index contributed by atoms with van der Waals surface area (Å²) in [5.41, 5.74) is 1.49. The standard InChI is InChI=1S/C14H18N4O/c1-10-8-15-6-5-12(10)17-14(19)11-9-16-18-7-3-2-4-13(11)18/h2-4,7,9-10,12,15H,5-6,8H2,1H3,(H,17,19). The molecule has 1 amide bonds. The molecule has 3 heterocycles. The number of carbonyl (C=O) groups excluding carboxylic acids is 1. The molecule has 2 aromatic heterocycles. The topological polar surface area (TPSA) is 58.4 Å². The van der Waals surface area contributed by atoms with Gasteiger partial charge in [0, 0.05) is 12.2 Å². The zero-order valence-electron chi connectivity index (χ0n) is 11.0. The summed E-state index contributed by atoms with van der Waals surface area (Å²) in [4.78, 5) is 12.3. The van der Waals surface area contributed by atoms with Crippen molar-refractivity contribution in [3.05, 3.63) is 36.2 Å². The van der Waals surface area contributed by atoms with Crippen LogP contribution in [0.15, 0.2) is 30.6 Å². The lowest BCUT2D eigenvalue weighted by Gasteiger charge is -2.30. The first-order valence-electron chi connectivity index (χ1n) is 6.69. The van der Waals surface area contributed by atoms with Gasteiger partial charge in [0.1, 0.15) is 0 Å². The molecular weight excluding hydrogens is 240 g/mol. The fourth-order valence-corrected chi connectivity index (χ4v) is 2.58. The third kappa shape index (κ3) is 2.33. The Morgan fingerprint density at radius 3 is 3.26 bits per heavy atom. The Balaban J connectivity index is 1.80. The summed E-state index contributed by atoms with van der Waals surface area (Å²) in [6.07, 6.45) is 4.46. The van der Waals surface area contributed by atoms with E-state index < -0.39 is 0 Å². The van der Waals surface area contributed by atoms with Crippen LogP contribution in [-0.2, 0) is 0 Å². The minimum Gasteiger partial charge on any atom is -0.349 e. The van der Waals surface area contributed by atoms with Crippen LogP contribution in [-0.4, -0.2) is 34.7 Å². The zero-order valence-corrected chi connectivity index (χ0v) is 11.0. The highest BCUT2D eigenvalue weighted by Crippen LogP contribution is 2.14. The molecule has 2 unspecified atom stereocenters.